The highest BCUT2D eigenvalue weighted by atomic mass is 35.5. The minimum Gasteiger partial charge on any atom is -0.324 e. The van der Waals surface area contributed by atoms with Crippen molar-refractivity contribution in [3.63, 3.8) is 0 Å². The molecule has 0 saturated carbocycles. The van der Waals surface area contributed by atoms with Crippen molar-refractivity contribution in [2.45, 2.75) is 0 Å². The lowest BCUT2D eigenvalue weighted by molar-refractivity contribution is 1.35. The second-order valence-electron chi connectivity index (χ2n) is 3.44. The number of halogens is 3. The third-order valence-corrected chi connectivity index (χ3v) is 2.44. The molecule has 0 aliphatic heterocycles. The summed E-state index contributed by atoms with van der Waals surface area (Å²) >= 11 is 0. The van der Waals surface area contributed by atoms with Crippen LogP contribution in [-0.2, 0) is 0 Å². The molecule has 0 atom stereocenters. The standard InChI is InChI=1S/C12H14N4.3ClH/c13-15-11-5-1-9(2-6-11)10-3-7-12(16-14)8-4-10;;;/h1-8,15-16H,13-14H2;3*1H. The molecule has 0 spiro atoms. The van der Waals surface area contributed by atoms with Crippen molar-refractivity contribution < 1.29 is 0 Å². The summed E-state index contributed by atoms with van der Waals surface area (Å²) in [5.74, 6) is 10.6. The highest BCUT2D eigenvalue weighted by Crippen LogP contribution is 2.22. The van der Waals surface area contributed by atoms with Gasteiger partial charge in [0.05, 0.1) is 0 Å². The Balaban J connectivity index is 0. The lowest BCUT2D eigenvalue weighted by atomic mass is 10.1. The van der Waals surface area contributed by atoms with Crippen LogP contribution >= 0.6 is 37.2 Å². The van der Waals surface area contributed by atoms with E-state index in [0.717, 1.165) is 22.5 Å². The van der Waals surface area contributed by atoms with E-state index in [9.17, 15) is 0 Å². The Kier molecular flexibility index (Phi) is 10.3. The third-order valence-electron chi connectivity index (χ3n) is 2.44. The highest BCUT2D eigenvalue weighted by Gasteiger charge is 1.97. The van der Waals surface area contributed by atoms with Gasteiger partial charge in [0.15, 0.2) is 0 Å². The zero-order valence-corrected chi connectivity index (χ0v) is 12.4. The van der Waals surface area contributed by atoms with Gasteiger partial charge in [-0.3, -0.25) is 11.7 Å². The topological polar surface area (TPSA) is 76.1 Å². The minimum absolute atomic E-state index is 0. The summed E-state index contributed by atoms with van der Waals surface area (Å²) in [7, 11) is 0. The Morgan fingerprint density at radius 2 is 0.789 bits per heavy atom. The van der Waals surface area contributed by atoms with Gasteiger partial charge < -0.3 is 10.9 Å². The quantitative estimate of drug-likeness (QED) is 0.517. The fourth-order valence-corrected chi connectivity index (χ4v) is 1.52. The van der Waals surface area contributed by atoms with Gasteiger partial charge in [0.1, 0.15) is 0 Å². The number of nitrogen functional groups attached to an aromatic ring is 2. The molecule has 0 amide bonds. The molecule has 2 aromatic carbocycles. The van der Waals surface area contributed by atoms with Crippen LogP contribution in [0.2, 0.25) is 0 Å². The van der Waals surface area contributed by atoms with Crippen LogP contribution < -0.4 is 22.5 Å². The summed E-state index contributed by atoms with van der Waals surface area (Å²) in [6.07, 6.45) is 0. The third kappa shape index (κ3) is 5.14. The molecular weight excluding hydrogens is 307 g/mol. The molecule has 6 N–H and O–H groups in total. The maximum atomic E-state index is 5.30. The van der Waals surface area contributed by atoms with E-state index < -0.39 is 0 Å². The predicted octanol–water partition coefficient (Wildman–Crippen LogP) is 3.19. The molecule has 2 rings (SSSR count). The van der Waals surface area contributed by atoms with Gasteiger partial charge in [0, 0.05) is 11.4 Å². The molecule has 0 bridgehead atoms. The molecule has 0 saturated heterocycles. The largest absolute Gasteiger partial charge is 0.324 e. The van der Waals surface area contributed by atoms with Gasteiger partial charge in [0.2, 0.25) is 0 Å². The molecule has 0 aromatic heterocycles. The first-order valence-corrected chi connectivity index (χ1v) is 4.97. The van der Waals surface area contributed by atoms with Gasteiger partial charge in [-0.2, -0.15) is 0 Å². The van der Waals surface area contributed by atoms with Gasteiger partial charge in [-0.1, -0.05) is 24.3 Å². The second kappa shape index (κ2) is 9.72. The van der Waals surface area contributed by atoms with E-state index >= 15 is 0 Å². The van der Waals surface area contributed by atoms with Crippen LogP contribution in [-0.4, -0.2) is 0 Å². The minimum atomic E-state index is 0. The van der Waals surface area contributed by atoms with Crippen molar-refractivity contribution >= 4 is 48.6 Å². The number of anilines is 2. The normalized spacial score (nSPS) is 8.32. The van der Waals surface area contributed by atoms with Crippen molar-refractivity contribution in [1.29, 1.82) is 0 Å². The molecule has 4 nitrogen and oxygen atoms in total. The molecule has 7 heteroatoms. The number of benzene rings is 2. The maximum absolute atomic E-state index is 5.30. The Morgan fingerprint density at radius 3 is 1.00 bits per heavy atom. The summed E-state index contributed by atoms with van der Waals surface area (Å²) in [6.45, 7) is 0. The van der Waals surface area contributed by atoms with E-state index in [1.54, 1.807) is 0 Å². The fourth-order valence-electron chi connectivity index (χ4n) is 1.52. The van der Waals surface area contributed by atoms with Crippen molar-refractivity contribution in [3.05, 3.63) is 48.5 Å². The average molecular weight is 324 g/mol. The Labute approximate surface area is 131 Å². The summed E-state index contributed by atoms with van der Waals surface area (Å²) in [6, 6.07) is 15.8. The Bertz CT molecular complexity index is 414. The van der Waals surface area contributed by atoms with Crippen molar-refractivity contribution in [2.24, 2.45) is 11.7 Å². The average Bonchev–Trinajstić information content (AvgIpc) is 2.39. The molecule has 2 aromatic rings. The number of rotatable bonds is 3. The highest BCUT2D eigenvalue weighted by molar-refractivity contribution is 5.86. The molecular formula is C12H17Cl3N4. The molecule has 0 radical (unpaired) electrons. The fraction of sp³-hybridized carbons (Fsp3) is 0. The molecule has 19 heavy (non-hydrogen) atoms. The van der Waals surface area contributed by atoms with Gasteiger partial charge in [-0.15, -0.1) is 37.2 Å². The van der Waals surface area contributed by atoms with E-state index in [0.29, 0.717) is 0 Å². The lowest BCUT2D eigenvalue weighted by Crippen LogP contribution is -2.06. The molecule has 0 heterocycles. The summed E-state index contributed by atoms with van der Waals surface area (Å²) < 4.78 is 0. The van der Waals surface area contributed by atoms with Crippen LogP contribution in [0.15, 0.2) is 48.5 Å². The van der Waals surface area contributed by atoms with E-state index in [-0.39, 0.29) is 37.2 Å². The molecule has 0 aliphatic carbocycles. The predicted molar refractivity (Wildman–Crippen MR) is 89.2 cm³/mol. The molecule has 0 fully saturated rings. The van der Waals surface area contributed by atoms with Crippen LogP contribution in [0.3, 0.4) is 0 Å². The monoisotopic (exact) mass is 322 g/mol. The number of hydrogen-bond donors (Lipinski definition) is 4. The van der Waals surface area contributed by atoms with Gasteiger partial charge in [-0.05, 0) is 35.4 Å². The Hall–Kier alpha value is -1.17. The first-order valence-electron chi connectivity index (χ1n) is 4.97. The number of hydrogen-bond acceptors (Lipinski definition) is 4. The zero-order chi connectivity index (χ0) is 11.4. The van der Waals surface area contributed by atoms with Crippen LogP contribution in [0.5, 0.6) is 0 Å². The van der Waals surface area contributed by atoms with E-state index in [1.807, 2.05) is 48.5 Å². The van der Waals surface area contributed by atoms with Crippen LogP contribution in [0.25, 0.3) is 11.1 Å². The van der Waals surface area contributed by atoms with Gasteiger partial charge in [-0.25, -0.2) is 0 Å². The van der Waals surface area contributed by atoms with Crippen LogP contribution in [0.4, 0.5) is 11.4 Å². The zero-order valence-electron chi connectivity index (χ0n) is 10.00. The molecule has 0 unspecified atom stereocenters. The summed E-state index contributed by atoms with van der Waals surface area (Å²) in [5.41, 5.74) is 9.26. The van der Waals surface area contributed by atoms with E-state index in [2.05, 4.69) is 10.9 Å². The van der Waals surface area contributed by atoms with Gasteiger partial charge >= 0.3 is 0 Å². The SMILES string of the molecule is Cl.Cl.Cl.NNc1ccc(-c2ccc(NN)cc2)cc1. The van der Waals surface area contributed by atoms with Crippen molar-refractivity contribution in [3.8, 4) is 11.1 Å². The molecule has 0 aliphatic rings. The van der Waals surface area contributed by atoms with Crippen molar-refractivity contribution in [2.75, 3.05) is 10.9 Å². The van der Waals surface area contributed by atoms with E-state index in [1.165, 1.54) is 0 Å². The summed E-state index contributed by atoms with van der Waals surface area (Å²) in [4.78, 5) is 0. The number of nitrogens with two attached hydrogens (primary N) is 2. The first-order chi connectivity index (χ1) is 7.83. The lowest BCUT2D eigenvalue weighted by Gasteiger charge is -2.05. The molecule has 106 valence electrons. The van der Waals surface area contributed by atoms with Gasteiger partial charge in [0.25, 0.3) is 0 Å². The number of hydrazine groups is 2. The van der Waals surface area contributed by atoms with Crippen LogP contribution in [0, 0.1) is 0 Å². The first kappa shape index (κ1) is 20.2. The maximum Gasteiger partial charge on any atom is 0.0485 e. The van der Waals surface area contributed by atoms with E-state index in [4.69, 9.17) is 11.7 Å². The second-order valence-corrected chi connectivity index (χ2v) is 3.44. The van der Waals surface area contributed by atoms with Crippen LogP contribution in [0.1, 0.15) is 0 Å². The van der Waals surface area contributed by atoms with Crippen molar-refractivity contribution in [1.82, 2.24) is 0 Å². The summed E-state index contributed by atoms with van der Waals surface area (Å²) in [5, 5.41) is 0. The number of nitrogens with one attached hydrogen (secondary N) is 2. The smallest absolute Gasteiger partial charge is 0.0485 e. The Morgan fingerprint density at radius 1 is 0.526 bits per heavy atom.